The Hall–Kier alpha value is -3.96. The zero-order chi connectivity index (χ0) is 25.8. The highest BCUT2D eigenvalue weighted by Gasteiger charge is 2.44. The molecule has 4 nitrogen and oxygen atoms in total. The Morgan fingerprint density at radius 2 is 1.63 bits per heavy atom. The summed E-state index contributed by atoms with van der Waals surface area (Å²) in [4.78, 5) is 29.6. The molecule has 5 aromatic rings. The number of nitrogens with zero attached hydrogens (tertiary/aromatic N) is 1. The van der Waals surface area contributed by atoms with E-state index in [1.165, 1.54) is 0 Å². The van der Waals surface area contributed by atoms with Gasteiger partial charge in [-0.05, 0) is 52.6 Å². The van der Waals surface area contributed by atoms with Gasteiger partial charge in [0.2, 0.25) is 5.91 Å². The molecular formula is C33H24BrNO3. The largest absolute Gasteiger partial charge is 0.460 e. The molecule has 38 heavy (non-hydrogen) atoms. The number of fused-ring (bicyclic) bond motifs is 3. The van der Waals surface area contributed by atoms with Gasteiger partial charge >= 0.3 is 0 Å². The van der Waals surface area contributed by atoms with E-state index in [1.54, 1.807) is 0 Å². The molecule has 0 N–H and O–H groups in total. The molecule has 1 aliphatic carbocycles. The number of carbonyl (C=O) groups excluding carboxylic acids is 2. The van der Waals surface area contributed by atoms with Crippen molar-refractivity contribution in [3.05, 3.63) is 123 Å². The predicted molar refractivity (Wildman–Crippen MR) is 153 cm³/mol. The number of furan rings is 1. The second-order valence-corrected chi connectivity index (χ2v) is 10.9. The van der Waals surface area contributed by atoms with Crippen molar-refractivity contribution in [2.75, 3.05) is 4.90 Å². The maximum atomic E-state index is 14.3. The first-order chi connectivity index (χ1) is 18.6. The summed E-state index contributed by atoms with van der Waals surface area (Å²) in [7, 11) is 0. The maximum Gasteiger partial charge on any atom is 0.239 e. The molecule has 0 radical (unpaired) electrons. The van der Waals surface area contributed by atoms with E-state index in [4.69, 9.17) is 4.42 Å². The van der Waals surface area contributed by atoms with Gasteiger partial charge in [0.1, 0.15) is 11.5 Å². The molecule has 1 aliphatic heterocycles. The topological polar surface area (TPSA) is 50.5 Å². The van der Waals surface area contributed by atoms with Gasteiger partial charge in [0.15, 0.2) is 5.78 Å². The fourth-order valence-corrected chi connectivity index (χ4v) is 6.33. The number of halogens is 1. The van der Waals surface area contributed by atoms with E-state index < -0.39 is 5.92 Å². The summed E-state index contributed by atoms with van der Waals surface area (Å²) in [5.41, 5.74) is 5.01. The van der Waals surface area contributed by atoms with Crippen molar-refractivity contribution in [1.29, 1.82) is 0 Å². The SMILES string of the molecule is O=C1CCCc2oc(-c3ccc4ccccc4c3)c(C3C(=O)N(Cc4ccccc4)c4ccc(Br)cc43)c21. The van der Waals surface area contributed by atoms with Crippen LogP contribution in [0.25, 0.3) is 22.1 Å². The Balaban J connectivity index is 1.44. The van der Waals surface area contributed by atoms with E-state index in [9.17, 15) is 9.59 Å². The first-order valence-electron chi connectivity index (χ1n) is 12.9. The Labute approximate surface area is 229 Å². The summed E-state index contributed by atoms with van der Waals surface area (Å²) >= 11 is 3.62. The van der Waals surface area contributed by atoms with Crippen molar-refractivity contribution in [3.63, 3.8) is 0 Å². The highest BCUT2D eigenvalue weighted by molar-refractivity contribution is 9.10. The van der Waals surface area contributed by atoms with E-state index in [2.05, 4.69) is 40.2 Å². The summed E-state index contributed by atoms with van der Waals surface area (Å²) in [6.07, 6.45) is 1.93. The molecule has 0 saturated heterocycles. The normalized spacial score (nSPS) is 16.7. The zero-order valence-corrected chi connectivity index (χ0v) is 22.2. The Kier molecular flexibility index (Phi) is 5.55. The summed E-state index contributed by atoms with van der Waals surface area (Å²) in [5.74, 6) is 0.725. The minimum atomic E-state index is -0.623. The molecule has 1 amide bonds. The predicted octanol–water partition coefficient (Wildman–Crippen LogP) is 8.06. The van der Waals surface area contributed by atoms with Gasteiger partial charge in [-0.3, -0.25) is 9.59 Å². The van der Waals surface area contributed by atoms with E-state index in [1.807, 2.05) is 71.6 Å². The second kappa shape index (κ2) is 9.10. The van der Waals surface area contributed by atoms with Crippen LogP contribution in [-0.4, -0.2) is 11.7 Å². The van der Waals surface area contributed by atoms with Gasteiger partial charge in [-0.15, -0.1) is 0 Å². The zero-order valence-electron chi connectivity index (χ0n) is 20.6. The molecule has 0 bridgehead atoms. The van der Waals surface area contributed by atoms with Crippen LogP contribution in [0.15, 0.2) is 99.9 Å². The maximum absolute atomic E-state index is 14.3. The fourth-order valence-electron chi connectivity index (χ4n) is 5.95. The molecule has 4 aromatic carbocycles. The van der Waals surface area contributed by atoms with Crippen LogP contribution in [0.3, 0.4) is 0 Å². The van der Waals surface area contributed by atoms with Crippen LogP contribution in [0.1, 0.15) is 51.6 Å². The van der Waals surface area contributed by atoms with Crippen LogP contribution < -0.4 is 4.90 Å². The third-order valence-electron chi connectivity index (χ3n) is 7.69. The van der Waals surface area contributed by atoms with Crippen molar-refractivity contribution >= 4 is 44.1 Å². The fraction of sp³-hybridized carbons (Fsp3) is 0.152. The monoisotopic (exact) mass is 561 g/mol. The van der Waals surface area contributed by atoms with Crippen molar-refractivity contribution in [1.82, 2.24) is 0 Å². The number of hydrogen-bond acceptors (Lipinski definition) is 3. The minimum absolute atomic E-state index is 0.0361. The Bertz CT molecular complexity index is 1740. The van der Waals surface area contributed by atoms with Crippen molar-refractivity contribution in [2.24, 2.45) is 0 Å². The molecule has 1 unspecified atom stereocenters. The van der Waals surface area contributed by atoms with Gasteiger partial charge in [-0.1, -0.05) is 82.7 Å². The third kappa shape index (κ3) is 3.72. The average Bonchev–Trinajstić information content (AvgIpc) is 3.44. The number of benzene rings is 4. The summed E-state index contributed by atoms with van der Waals surface area (Å²) < 4.78 is 7.39. The molecule has 2 aliphatic rings. The van der Waals surface area contributed by atoms with Crippen molar-refractivity contribution in [3.8, 4) is 11.3 Å². The van der Waals surface area contributed by atoms with Gasteiger partial charge < -0.3 is 9.32 Å². The molecular weight excluding hydrogens is 538 g/mol. The molecule has 7 rings (SSSR count). The molecule has 0 saturated carbocycles. The van der Waals surface area contributed by atoms with Crippen LogP contribution in [0.4, 0.5) is 5.69 Å². The summed E-state index contributed by atoms with van der Waals surface area (Å²) in [5, 5.41) is 2.22. The highest BCUT2D eigenvalue weighted by atomic mass is 79.9. The molecule has 1 atom stereocenters. The van der Waals surface area contributed by atoms with Crippen LogP contribution in [0.2, 0.25) is 0 Å². The van der Waals surface area contributed by atoms with E-state index in [-0.39, 0.29) is 11.7 Å². The smallest absolute Gasteiger partial charge is 0.239 e. The first kappa shape index (κ1) is 23.2. The molecule has 186 valence electrons. The van der Waals surface area contributed by atoms with Crippen molar-refractivity contribution < 1.29 is 14.0 Å². The number of aryl methyl sites for hydroxylation is 1. The van der Waals surface area contributed by atoms with E-state index in [0.717, 1.165) is 44.0 Å². The molecule has 2 heterocycles. The minimum Gasteiger partial charge on any atom is -0.460 e. The van der Waals surface area contributed by atoms with Gasteiger partial charge in [0.25, 0.3) is 0 Å². The summed E-state index contributed by atoms with van der Waals surface area (Å²) in [6, 6.07) is 30.3. The lowest BCUT2D eigenvalue weighted by atomic mass is 9.83. The number of rotatable bonds is 4. The first-order valence-corrected chi connectivity index (χ1v) is 13.7. The lowest BCUT2D eigenvalue weighted by Crippen LogP contribution is -2.29. The highest BCUT2D eigenvalue weighted by Crippen LogP contribution is 2.49. The third-order valence-corrected chi connectivity index (χ3v) is 8.19. The molecule has 0 fully saturated rings. The standard InChI is InChI=1S/C33H24BrNO3/c34-24-15-16-26-25(18-24)29(33(37)35(26)19-20-7-2-1-3-8-20)31-30-27(36)11-6-12-28(30)38-32(31)23-14-13-21-9-4-5-10-22(21)17-23/h1-5,7-10,13-18,29H,6,11-12,19H2. The Morgan fingerprint density at radius 3 is 2.47 bits per heavy atom. The number of ketones is 1. The molecule has 1 aromatic heterocycles. The van der Waals surface area contributed by atoms with Crippen LogP contribution in [0.5, 0.6) is 0 Å². The van der Waals surface area contributed by atoms with Gasteiger partial charge in [0.05, 0.1) is 18.0 Å². The quantitative estimate of drug-likeness (QED) is 0.223. The molecule has 0 spiro atoms. The van der Waals surface area contributed by atoms with Gasteiger partial charge in [0, 0.05) is 34.1 Å². The number of Topliss-reactive ketones (excluding diaryl/α,β-unsaturated/α-hetero) is 1. The average molecular weight is 562 g/mol. The van der Waals surface area contributed by atoms with Crippen LogP contribution in [0, 0.1) is 0 Å². The lowest BCUT2D eigenvalue weighted by Gasteiger charge is -2.19. The number of carbonyl (C=O) groups is 2. The van der Waals surface area contributed by atoms with Crippen LogP contribution >= 0.6 is 15.9 Å². The van der Waals surface area contributed by atoms with Crippen LogP contribution in [-0.2, 0) is 17.8 Å². The van der Waals surface area contributed by atoms with Gasteiger partial charge in [-0.2, -0.15) is 0 Å². The molecule has 5 heteroatoms. The lowest BCUT2D eigenvalue weighted by molar-refractivity contribution is -0.118. The van der Waals surface area contributed by atoms with Crippen molar-refractivity contribution in [2.45, 2.75) is 31.7 Å². The number of amides is 1. The number of hydrogen-bond donors (Lipinski definition) is 0. The van der Waals surface area contributed by atoms with E-state index in [0.29, 0.717) is 42.0 Å². The second-order valence-electron chi connectivity index (χ2n) is 10.0. The number of anilines is 1. The summed E-state index contributed by atoms with van der Waals surface area (Å²) in [6.45, 7) is 0.462. The van der Waals surface area contributed by atoms with E-state index >= 15 is 0 Å². The Morgan fingerprint density at radius 1 is 0.842 bits per heavy atom. The van der Waals surface area contributed by atoms with Gasteiger partial charge in [-0.25, -0.2) is 0 Å².